The highest BCUT2D eigenvalue weighted by atomic mass is 79.9. The van der Waals surface area contributed by atoms with Gasteiger partial charge in [0.1, 0.15) is 5.82 Å². The summed E-state index contributed by atoms with van der Waals surface area (Å²) < 4.78 is 14.5. The quantitative estimate of drug-likeness (QED) is 0.890. The maximum atomic E-state index is 13.7. The van der Waals surface area contributed by atoms with E-state index in [9.17, 15) is 4.39 Å². The van der Waals surface area contributed by atoms with Gasteiger partial charge in [-0.2, -0.15) is 0 Å². The predicted molar refractivity (Wildman–Crippen MR) is 68.1 cm³/mol. The van der Waals surface area contributed by atoms with Crippen molar-refractivity contribution in [1.29, 1.82) is 0 Å². The summed E-state index contributed by atoms with van der Waals surface area (Å²) in [6.07, 6.45) is 1.11. The van der Waals surface area contributed by atoms with Crippen molar-refractivity contribution in [3.8, 4) is 0 Å². The minimum absolute atomic E-state index is 0.0774. The average molecular weight is 286 g/mol. The molecule has 2 atom stereocenters. The van der Waals surface area contributed by atoms with Crippen molar-refractivity contribution in [2.45, 2.75) is 32.2 Å². The molecule has 3 heteroatoms. The molecule has 1 saturated carbocycles. The molecule has 0 bridgehead atoms. The van der Waals surface area contributed by atoms with Crippen LogP contribution in [0.4, 0.5) is 4.39 Å². The van der Waals surface area contributed by atoms with Crippen LogP contribution < -0.4 is 5.32 Å². The van der Waals surface area contributed by atoms with Gasteiger partial charge in [-0.15, -0.1) is 0 Å². The minimum Gasteiger partial charge on any atom is -0.314 e. The van der Waals surface area contributed by atoms with Gasteiger partial charge in [0.15, 0.2) is 0 Å². The molecule has 1 aromatic rings. The van der Waals surface area contributed by atoms with Crippen LogP contribution in [0.15, 0.2) is 22.7 Å². The van der Waals surface area contributed by atoms with Crippen LogP contribution in [0.3, 0.4) is 0 Å². The monoisotopic (exact) mass is 285 g/mol. The highest BCUT2D eigenvalue weighted by Crippen LogP contribution is 2.48. The lowest BCUT2D eigenvalue weighted by Crippen LogP contribution is -2.25. The summed E-state index contributed by atoms with van der Waals surface area (Å²) in [5.74, 6) is 0.948. The summed E-state index contributed by atoms with van der Waals surface area (Å²) in [6.45, 7) is 5.27. The van der Waals surface area contributed by atoms with Crippen molar-refractivity contribution in [2.75, 3.05) is 6.54 Å². The molecule has 0 saturated heterocycles. The van der Waals surface area contributed by atoms with E-state index in [-0.39, 0.29) is 5.82 Å². The molecule has 1 aliphatic rings. The van der Waals surface area contributed by atoms with Crippen molar-refractivity contribution in [2.24, 2.45) is 5.92 Å². The molecule has 1 fully saturated rings. The lowest BCUT2D eigenvalue weighted by molar-refractivity contribution is 0.549. The molecular weight excluding hydrogens is 269 g/mol. The van der Waals surface area contributed by atoms with Gasteiger partial charge in [0.05, 0.1) is 0 Å². The zero-order valence-corrected chi connectivity index (χ0v) is 11.2. The van der Waals surface area contributed by atoms with Crippen LogP contribution in [0.5, 0.6) is 0 Å². The van der Waals surface area contributed by atoms with E-state index in [0.717, 1.165) is 23.0 Å². The van der Waals surface area contributed by atoms with Crippen molar-refractivity contribution >= 4 is 15.9 Å². The van der Waals surface area contributed by atoms with Gasteiger partial charge in [-0.05, 0) is 42.5 Å². The number of benzene rings is 1. The van der Waals surface area contributed by atoms with Gasteiger partial charge in [0, 0.05) is 10.5 Å². The summed E-state index contributed by atoms with van der Waals surface area (Å²) in [4.78, 5) is 0. The third kappa shape index (κ3) is 2.83. The first kappa shape index (κ1) is 12.1. The van der Waals surface area contributed by atoms with E-state index in [0.29, 0.717) is 17.9 Å². The summed E-state index contributed by atoms with van der Waals surface area (Å²) >= 11 is 3.28. The first-order valence-corrected chi connectivity index (χ1v) is 6.55. The number of halogens is 2. The van der Waals surface area contributed by atoms with Crippen LogP contribution in [0.1, 0.15) is 31.7 Å². The number of hydrogen-bond donors (Lipinski definition) is 1. The van der Waals surface area contributed by atoms with Gasteiger partial charge in [-0.1, -0.05) is 35.8 Å². The van der Waals surface area contributed by atoms with E-state index in [1.165, 1.54) is 0 Å². The lowest BCUT2D eigenvalue weighted by Gasteiger charge is -2.07. The Labute approximate surface area is 105 Å². The molecule has 0 aliphatic heterocycles. The maximum Gasteiger partial charge on any atom is 0.127 e. The van der Waals surface area contributed by atoms with Gasteiger partial charge in [-0.3, -0.25) is 0 Å². The molecule has 0 radical (unpaired) electrons. The van der Waals surface area contributed by atoms with E-state index < -0.39 is 0 Å². The molecule has 2 rings (SSSR count). The summed E-state index contributed by atoms with van der Waals surface area (Å²) in [7, 11) is 0. The Morgan fingerprint density at radius 2 is 2.25 bits per heavy atom. The van der Waals surface area contributed by atoms with Crippen LogP contribution in [0, 0.1) is 11.7 Å². The van der Waals surface area contributed by atoms with Crippen molar-refractivity contribution in [1.82, 2.24) is 5.32 Å². The van der Waals surface area contributed by atoms with Crippen molar-refractivity contribution < 1.29 is 4.39 Å². The number of rotatable bonds is 4. The van der Waals surface area contributed by atoms with Gasteiger partial charge < -0.3 is 5.32 Å². The summed E-state index contributed by atoms with van der Waals surface area (Å²) in [5.41, 5.74) is 0.874. The van der Waals surface area contributed by atoms with E-state index in [1.54, 1.807) is 6.07 Å². The van der Waals surface area contributed by atoms with Gasteiger partial charge in [0.2, 0.25) is 0 Å². The maximum absolute atomic E-state index is 13.7. The summed E-state index contributed by atoms with van der Waals surface area (Å²) in [6, 6.07) is 5.89. The topological polar surface area (TPSA) is 12.0 Å². The molecule has 1 N–H and O–H groups in total. The molecular formula is C13H17BrFN. The average Bonchev–Trinajstić information content (AvgIpc) is 2.94. The van der Waals surface area contributed by atoms with E-state index in [1.807, 2.05) is 12.1 Å². The van der Waals surface area contributed by atoms with Crippen LogP contribution in [0.25, 0.3) is 0 Å². The molecule has 0 aromatic heterocycles. The third-order valence-electron chi connectivity index (χ3n) is 3.07. The fraction of sp³-hybridized carbons (Fsp3) is 0.538. The van der Waals surface area contributed by atoms with Crippen LogP contribution >= 0.6 is 15.9 Å². The van der Waals surface area contributed by atoms with Crippen LogP contribution in [0.2, 0.25) is 0 Å². The fourth-order valence-corrected chi connectivity index (χ4v) is 2.38. The van der Waals surface area contributed by atoms with Gasteiger partial charge >= 0.3 is 0 Å². The smallest absolute Gasteiger partial charge is 0.127 e. The fourth-order valence-electron chi connectivity index (χ4n) is 2.04. The van der Waals surface area contributed by atoms with Crippen molar-refractivity contribution in [3.05, 3.63) is 34.1 Å². The highest BCUT2D eigenvalue weighted by molar-refractivity contribution is 9.10. The standard InChI is InChI=1S/C13H17BrFN/c1-8(2)16-7-9-5-12(9)11-4-3-10(14)6-13(11)15/h3-4,6,8-9,12,16H,5,7H2,1-2H3. The minimum atomic E-state index is -0.0774. The molecule has 16 heavy (non-hydrogen) atoms. The molecule has 1 aromatic carbocycles. The van der Waals surface area contributed by atoms with Crippen LogP contribution in [-0.4, -0.2) is 12.6 Å². The normalized spacial score (nSPS) is 23.8. The Hall–Kier alpha value is -0.410. The molecule has 0 spiro atoms. The second kappa shape index (κ2) is 4.84. The Morgan fingerprint density at radius 3 is 2.88 bits per heavy atom. The Balaban J connectivity index is 1.95. The Kier molecular flexibility index (Phi) is 3.65. The Morgan fingerprint density at radius 1 is 1.50 bits per heavy atom. The number of hydrogen-bond acceptors (Lipinski definition) is 1. The van der Waals surface area contributed by atoms with Gasteiger partial charge in [0.25, 0.3) is 0 Å². The number of nitrogens with one attached hydrogen (secondary N) is 1. The van der Waals surface area contributed by atoms with Gasteiger partial charge in [-0.25, -0.2) is 4.39 Å². The van der Waals surface area contributed by atoms with E-state index >= 15 is 0 Å². The summed E-state index contributed by atoms with van der Waals surface area (Å²) in [5, 5.41) is 3.41. The molecule has 0 amide bonds. The Bertz CT molecular complexity index is 378. The van der Waals surface area contributed by atoms with E-state index in [4.69, 9.17) is 0 Å². The molecule has 1 nitrogen and oxygen atoms in total. The first-order chi connectivity index (χ1) is 7.58. The first-order valence-electron chi connectivity index (χ1n) is 5.76. The molecule has 0 heterocycles. The molecule has 2 unspecified atom stereocenters. The second-order valence-corrected chi connectivity index (χ2v) is 5.75. The van der Waals surface area contributed by atoms with Crippen molar-refractivity contribution in [3.63, 3.8) is 0 Å². The predicted octanol–water partition coefficient (Wildman–Crippen LogP) is 3.69. The van der Waals surface area contributed by atoms with Crippen LogP contribution in [-0.2, 0) is 0 Å². The van der Waals surface area contributed by atoms with E-state index in [2.05, 4.69) is 35.1 Å². The SMILES string of the molecule is CC(C)NCC1CC1c1ccc(Br)cc1F. The second-order valence-electron chi connectivity index (χ2n) is 4.83. The zero-order valence-electron chi connectivity index (χ0n) is 9.63. The third-order valence-corrected chi connectivity index (χ3v) is 3.57. The largest absolute Gasteiger partial charge is 0.314 e. The zero-order chi connectivity index (χ0) is 11.7. The molecule has 1 aliphatic carbocycles. The lowest BCUT2D eigenvalue weighted by atomic mass is 10.1. The highest BCUT2D eigenvalue weighted by Gasteiger charge is 2.39. The molecule has 88 valence electrons.